The van der Waals surface area contributed by atoms with Crippen molar-refractivity contribution in [1.29, 1.82) is 0 Å². The maximum Gasteiger partial charge on any atom is 0.191 e. The Morgan fingerprint density at radius 3 is 2.36 bits per heavy atom. The van der Waals surface area contributed by atoms with E-state index in [1.807, 2.05) is 12.1 Å². The minimum atomic E-state index is -0.593. The molecular weight excluding hydrogens is 350 g/mol. The molecule has 3 N–H and O–H groups in total. The molecule has 6 heteroatoms. The molecule has 1 aromatic rings. The van der Waals surface area contributed by atoms with E-state index in [-0.39, 0.29) is 5.41 Å². The summed E-state index contributed by atoms with van der Waals surface area (Å²) in [5.74, 6) is 0.783. The second-order valence-electron chi connectivity index (χ2n) is 8.98. The molecule has 2 unspecified atom stereocenters. The third-order valence-corrected chi connectivity index (χ3v) is 5.83. The van der Waals surface area contributed by atoms with Crippen molar-refractivity contribution in [3.8, 4) is 0 Å². The van der Waals surface area contributed by atoms with E-state index in [0.29, 0.717) is 12.6 Å². The minimum Gasteiger partial charge on any atom is -0.386 e. The van der Waals surface area contributed by atoms with E-state index in [1.165, 1.54) is 31.7 Å². The minimum absolute atomic E-state index is 0.120. The van der Waals surface area contributed by atoms with Gasteiger partial charge in [-0.1, -0.05) is 45.0 Å². The number of aliphatic hydroxyl groups excluding tert-OH is 1. The molecule has 0 aliphatic carbocycles. The van der Waals surface area contributed by atoms with Crippen molar-refractivity contribution in [2.45, 2.75) is 45.3 Å². The molecule has 0 spiro atoms. The predicted molar refractivity (Wildman–Crippen MR) is 116 cm³/mol. The molecular formula is C22H37N5O. The highest BCUT2D eigenvalue weighted by atomic mass is 16.3. The maximum atomic E-state index is 10.6. The molecule has 3 aliphatic heterocycles. The number of hydrogen-bond donors (Lipinski definition) is 3. The number of benzene rings is 1. The summed E-state index contributed by atoms with van der Waals surface area (Å²) in [4.78, 5) is 9.73. The molecule has 2 atom stereocenters. The topological polar surface area (TPSA) is 63.1 Å². The third kappa shape index (κ3) is 5.46. The lowest BCUT2D eigenvalue weighted by Crippen LogP contribution is -2.63. The quantitative estimate of drug-likeness (QED) is 0.511. The molecule has 0 amide bonds. The first-order valence-corrected chi connectivity index (χ1v) is 10.6. The number of piperazine rings is 3. The Balaban J connectivity index is 1.54. The first-order valence-electron chi connectivity index (χ1n) is 10.6. The molecule has 2 bridgehead atoms. The monoisotopic (exact) mass is 387 g/mol. The standard InChI is InChI=1S/C22H37N5O/c1-5-23-21(24-14-19-16-26-10-12-27(19)13-11-26)25-15-20(28)17-6-8-18(9-7-17)22(2,3)4/h6-9,19-20,28H,5,10-16H2,1-4H3,(H2,23,24,25). The lowest BCUT2D eigenvalue weighted by molar-refractivity contribution is 0.0154. The number of guanidine groups is 1. The molecule has 0 saturated carbocycles. The van der Waals surface area contributed by atoms with Crippen LogP contribution in [0, 0.1) is 0 Å². The smallest absolute Gasteiger partial charge is 0.191 e. The number of fused-ring (bicyclic) bond motifs is 3. The van der Waals surface area contributed by atoms with Gasteiger partial charge in [-0.05, 0) is 23.5 Å². The van der Waals surface area contributed by atoms with E-state index < -0.39 is 6.10 Å². The highest BCUT2D eigenvalue weighted by molar-refractivity contribution is 5.79. The normalized spacial score (nSPS) is 26.2. The number of rotatable bonds is 6. The van der Waals surface area contributed by atoms with Crippen LogP contribution in [0.2, 0.25) is 0 Å². The average Bonchev–Trinajstić information content (AvgIpc) is 2.70. The number of aliphatic imine (C=N–C) groups is 1. The van der Waals surface area contributed by atoms with Crippen LogP contribution in [-0.2, 0) is 5.41 Å². The van der Waals surface area contributed by atoms with Gasteiger partial charge in [0.1, 0.15) is 0 Å². The average molecular weight is 388 g/mol. The Morgan fingerprint density at radius 1 is 1.14 bits per heavy atom. The third-order valence-electron chi connectivity index (χ3n) is 5.83. The first kappa shape index (κ1) is 21.1. The van der Waals surface area contributed by atoms with Crippen LogP contribution >= 0.6 is 0 Å². The van der Waals surface area contributed by atoms with Crippen LogP contribution < -0.4 is 10.6 Å². The molecule has 3 heterocycles. The zero-order valence-electron chi connectivity index (χ0n) is 17.9. The summed E-state index contributed by atoms with van der Waals surface area (Å²) in [5, 5.41) is 17.3. The van der Waals surface area contributed by atoms with Crippen molar-refractivity contribution in [2.75, 3.05) is 52.4 Å². The van der Waals surface area contributed by atoms with Crippen LogP contribution in [0.25, 0.3) is 0 Å². The summed E-state index contributed by atoms with van der Waals surface area (Å²) in [6.45, 7) is 16.6. The molecule has 3 saturated heterocycles. The van der Waals surface area contributed by atoms with Crippen molar-refractivity contribution in [3.63, 3.8) is 0 Å². The second kappa shape index (κ2) is 9.25. The lowest BCUT2D eigenvalue weighted by atomic mass is 9.86. The Bertz CT molecular complexity index is 644. The zero-order valence-corrected chi connectivity index (χ0v) is 17.9. The summed E-state index contributed by atoms with van der Waals surface area (Å²) < 4.78 is 0. The fourth-order valence-corrected chi connectivity index (χ4v) is 3.96. The van der Waals surface area contributed by atoms with Gasteiger partial charge in [-0.2, -0.15) is 0 Å². The molecule has 3 aliphatic rings. The van der Waals surface area contributed by atoms with Gasteiger partial charge in [0.05, 0.1) is 12.6 Å². The highest BCUT2D eigenvalue weighted by Crippen LogP contribution is 2.24. The van der Waals surface area contributed by atoms with Crippen molar-refractivity contribution in [3.05, 3.63) is 35.4 Å². The molecule has 4 rings (SSSR count). The summed E-state index contributed by atoms with van der Waals surface area (Å²) in [7, 11) is 0. The van der Waals surface area contributed by atoms with Gasteiger partial charge in [0, 0.05) is 51.9 Å². The van der Waals surface area contributed by atoms with Crippen molar-refractivity contribution >= 4 is 5.96 Å². The zero-order chi connectivity index (χ0) is 20.1. The molecule has 0 aromatic heterocycles. The van der Waals surface area contributed by atoms with Gasteiger partial charge in [-0.15, -0.1) is 0 Å². The Labute approximate surface area is 170 Å². The van der Waals surface area contributed by atoms with Crippen LogP contribution in [0.4, 0.5) is 0 Å². The van der Waals surface area contributed by atoms with Crippen molar-refractivity contribution in [1.82, 2.24) is 20.4 Å². The number of hydrogen-bond acceptors (Lipinski definition) is 4. The largest absolute Gasteiger partial charge is 0.386 e. The van der Waals surface area contributed by atoms with E-state index in [0.717, 1.165) is 31.2 Å². The van der Waals surface area contributed by atoms with Crippen LogP contribution in [0.1, 0.15) is 44.9 Å². The van der Waals surface area contributed by atoms with Gasteiger partial charge in [-0.25, -0.2) is 0 Å². The van der Waals surface area contributed by atoms with E-state index >= 15 is 0 Å². The van der Waals surface area contributed by atoms with Crippen LogP contribution in [0.3, 0.4) is 0 Å². The molecule has 1 aromatic carbocycles. The van der Waals surface area contributed by atoms with Gasteiger partial charge in [0.15, 0.2) is 5.96 Å². The van der Waals surface area contributed by atoms with E-state index in [9.17, 15) is 5.11 Å². The van der Waals surface area contributed by atoms with Crippen LogP contribution in [0.15, 0.2) is 29.3 Å². The van der Waals surface area contributed by atoms with Crippen molar-refractivity contribution in [2.24, 2.45) is 4.99 Å². The van der Waals surface area contributed by atoms with Gasteiger partial charge in [0.25, 0.3) is 0 Å². The van der Waals surface area contributed by atoms with E-state index in [2.05, 4.69) is 65.3 Å². The van der Waals surface area contributed by atoms with E-state index in [4.69, 9.17) is 0 Å². The Hall–Kier alpha value is -1.63. The number of nitrogens with zero attached hydrogens (tertiary/aromatic N) is 3. The number of nitrogens with one attached hydrogen (secondary N) is 2. The molecule has 0 radical (unpaired) electrons. The predicted octanol–water partition coefficient (Wildman–Crippen LogP) is 1.57. The van der Waals surface area contributed by atoms with Gasteiger partial charge >= 0.3 is 0 Å². The SMILES string of the molecule is CCNC(=NCC(O)c1ccc(C(C)(C)C)cc1)NCC1CN2CCN1CC2. The fraction of sp³-hybridized carbons (Fsp3) is 0.682. The fourth-order valence-electron chi connectivity index (χ4n) is 3.96. The Kier molecular flexibility index (Phi) is 6.96. The van der Waals surface area contributed by atoms with E-state index in [1.54, 1.807) is 0 Å². The van der Waals surface area contributed by atoms with Crippen molar-refractivity contribution < 1.29 is 5.11 Å². The highest BCUT2D eigenvalue weighted by Gasteiger charge is 2.31. The molecule has 3 fully saturated rings. The molecule has 28 heavy (non-hydrogen) atoms. The summed E-state index contributed by atoms with van der Waals surface area (Å²) in [6, 6.07) is 8.78. The van der Waals surface area contributed by atoms with Gasteiger partial charge < -0.3 is 15.7 Å². The van der Waals surface area contributed by atoms with Gasteiger partial charge in [-0.3, -0.25) is 14.8 Å². The number of aliphatic hydroxyl groups is 1. The molecule has 6 nitrogen and oxygen atoms in total. The maximum absolute atomic E-state index is 10.6. The first-order chi connectivity index (χ1) is 13.4. The summed E-state index contributed by atoms with van der Waals surface area (Å²) in [6.07, 6.45) is -0.593. The molecule has 156 valence electrons. The Morgan fingerprint density at radius 2 is 1.82 bits per heavy atom. The summed E-state index contributed by atoms with van der Waals surface area (Å²) >= 11 is 0. The lowest BCUT2D eigenvalue weighted by Gasteiger charge is -2.47. The van der Waals surface area contributed by atoms with Gasteiger partial charge in [0.2, 0.25) is 0 Å². The summed E-state index contributed by atoms with van der Waals surface area (Å²) in [5.41, 5.74) is 2.31. The van der Waals surface area contributed by atoms with Crippen LogP contribution in [-0.4, -0.2) is 79.3 Å². The van der Waals surface area contributed by atoms with Crippen LogP contribution in [0.5, 0.6) is 0 Å². The second-order valence-corrected chi connectivity index (χ2v) is 8.98.